The lowest BCUT2D eigenvalue weighted by atomic mass is 9.79. The maximum Gasteiger partial charge on any atom is -0.0125 e. The van der Waals surface area contributed by atoms with Crippen LogP contribution in [0.3, 0.4) is 0 Å². The Balaban J connectivity index is 2.69. The number of benzene rings is 2. The first-order valence-corrected chi connectivity index (χ1v) is 7.81. The summed E-state index contributed by atoms with van der Waals surface area (Å²) in [6.07, 6.45) is 0. The van der Waals surface area contributed by atoms with E-state index in [2.05, 4.69) is 79.7 Å². The molecular weight excluding hydrogens is 252 g/mol. The third-order valence-electron chi connectivity index (χ3n) is 4.25. The Labute approximate surface area is 130 Å². The molecule has 0 spiro atoms. The Bertz CT molecular complexity index is 636. The minimum Gasteiger partial charge on any atom is -0.0561 e. The number of aryl methyl sites for hydroxylation is 5. The van der Waals surface area contributed by atoms with Gasteiger partial charge in [-0.05, 0) is 79.0 Å². The molecule has 112 valence electrons. The maximum atomic E-state index is 2.36. The molecule has 0 heteroatoms. The highest BCUT2D eigenvalue weighted by atomic mass is 14.2. The first kappa shape index (κ1) is 15.8. The van der Waals surface area contributed by atoms with Gasteiger partial charge in [-0.1, -0.05) is 50.6 Å². The molecular formula is C21H28. The van der Waals surface area contributed by atoms with Crippen molar-refractivity contribution in [1.82, 2.24) is 0 Å². The van der Waals surface area contributed by atoms with Gasteiger partial charge in [-0.15, -0.1) is 0 Å². The second-order valence-corrected chi connectivity index (χ2v) is 7.51. The summed E-state index contributed by atoms with van der Waals surface area (Å²) in [7, 11) is 0. The third-order valence-corrected chi connectivity index (χ3v) is 4.25. The molecule has 2 aromatic rings. The van der Waals surface area contributed by atoms with Crippen molar-refractivity contribution in [2.45, 2.75) is 60.8 Å². The smallest absolute Gasteiger partial charge is 0.0125 e. The summed E-state index contributed by atoms with van der Waals surface area (Å²) in [5, 5.41) is 0. The van der Waals surface area contributed by atoms with Crippen LogP contribution < -0.4 is 0 Å². The van der Waals surface area contributed by atoms with Crippen LogP contribution in [-0.4, -0.2) is 0 Å². The standard InChI is InChI=1S/C21H28/c1-13-9-14(2)19(15(3)10-13)18-11-16(4)20(17(5)12-18)21(6,7)8/h9-12H,1-8H3. The van der Waals surface area contributed by atoms with E-state index < -0.39 is 0 Å². The van der Waals surface area contributed by atoms with Gasteiger partial charge in [-0.2, -0.15) is 0 Å². The van der Waals surface area contributed by atoms with Crippen molar-refractivity contribution in [1.29, 1.82) is 0 Å². The Kier molecular flexibility index (Phi) is 4.02. The van der Waals surface area contributed by atoms with Gasteiger partial charge in [0.05, 0.1) is 0 Å². The zero-order chi connectivity index (χ0) is 15.9. The first-order chi connectivity index (χ1) is 9.61. The normalized spacial score (nSPS) is 11.8. The summed E-state index contributed by atoms with van der Waals surface area (Å²) in [5.74, 6) is 0. The van der Waals surface area contributed by atoms with Gasteiger partial charge in [-0.3, -0.25) is 0 Å². The summed E-state index contributed by atoms with van der Waals surface area (Å²) < 4.78 is 0. The molecule has 0 bridgehead atoms. The maximum absolute atomic E-state index is 2.36. The van der Waals surface area contributed by atoms with Gasteiger partial charge in [0.15, 0.2) is 0 Å². The van der Waals surface area contributed by atoms with E-state index in [0.29, 0.717) is 0 Å². The molecule has 2 aromatic carbocycles. The lowest BCUT2D eigenvalue weighted by Crippen LogP contribution is -2.15. The average Bonchev–Trinajstić information content (AvgIpc) is 2.23. The predicted molar refractivity (Wildman–Crippen MR) is 94.3 cm³/mol. The molecule has 0 saturated carbocycles. The monoisotopic (exact) mass is 280 g/mol. The Morgan fingerprint density at radius 1 is 0.619 bits per heavy atom. The molecule has 0 atom stereocenters. The second kappa shape index (κ2) is 5.33. The highest BCUT2D eigenvalue weighted by Crippen LogP contribution is 2.35. The minimum atomic E-state index is 0.198. The zero-order valence-corrected chi connectivity index (χ0v) is 14.8. The van der Waals surface area contributed by atoms with Gasteiger partial charge in [0.25, 0.3) is 0 Å². The molecule has 0 N–H and O–H groups in total. The van der Waals surface area contributed by atoms with Crippen LogP contribution in [-0.2, 0) is 5.41 Å². The van der Waals surface area contributed by atoms with Crippen molar-refractivity contribution in [3.8, 4) is 11.1 Å². The predicted octanol–water partition coefficient (Wildman–Crippen LogP) is 6.19. The lowest BCUT2D eigenvalue weighted by Gasteiger charge is -2.25. The summed E-state index contributed by atoms with van der Waals surface area (Å²) in [6, 6.07) is 9.28. The molecule has 0 amide bonds. The van der Waals surface area contributed by atoms with E-state index in [1.54, 1.807) is 0 Å². The van der Waals surface area contributed by atoms with Crippen LogP contribution in [0.4, 0.5) is 0 Å². The van der Waals surface area contributed by atoms with Crippen molar-refractivity contribution in [3.63, 3.8) is 0 Å². The molecule has 2 rings (SSSR count). The van der Waals surface area contributed by atoms with Crippen LogP contribution in [0.15, 0.2) is 24.3 Å². The number of hydrogen-bond acceptors (Lipinski definition) is 0. The van der Waals surface area contributed by atoms with Gasteiger partial charge in [0, 0.05) is 0 Å². The molecule has 0 heterocycles. The van der Waals surface area contributed by atoms with E-state index in [4.69, 9.17) is 0 Å². The SMILES string of the molecule is Cc1cc(C)c(-c2cc(C)c(C(C)(C)C)c(C)c2)c(C)c1. The molecule has 0 radical (unpaired) electrons. The molecule has 0 saturated heterocycles. The van der Waals surface area contributed by atoms with Gasteiger partial charge < -0.3 is 0 Å². The van der Waals surface area contributed by atoms with E-state index >= 15 is 0 Å². The van der Waals surface area contributed by atoms with Crippen LogP contribution in [0, 0.1) is 34.6 Å². The highest BCUT2D eigenvalue weighted by molar-refractivity contribution is 5.73. The number of rotatable bonds is 1. The minimum absolute atomic E-state index is 0.198. The Morgan fingerprint density at radius 2 is 1.05 bits per heavy atom. The summed E-state index contributed by atoms with van der Waals surface area (Å²) in [5.41, 5.74) is 11.3. The fourth-order valence-electron chi connectivity index (χ4n) is 3.93. The van der Waals surface area contributed by atoms with E-state index in [1.165, 1.54) is 44.5 Å². The average molecular weight is 280 g/mol. The Hall–Kier alpha value is -1.56. The van der Waals surface area contributed by atoms with Crippen molar-refractivity contribution < 1.29 is 0 Å². The number of hydrogen-bond donors (Lipinski definition) is 0. The van der Waals surface area contributed by atoms with Crippen molar-refractivity contribution in [2.75, 3.05) is 0 Å². The fourth-order valence-corrected chi connectivity index (χ4v) is 3.93. The van der Waals surface area contributed by atoms with Crippen molar-refractivity contribution >= 4 is 0 Å². The molecule has 0 unspecified atom stereocenters. The molecule has 0 aromatic heterocycles. The molecule has 0 fully saturated rings. The molecule has 0 nitrogen and oxygen atoms in total. The molecule has 21 heavy (non-hydrogen) atoms. The first-order valence-electron chi connectivity index (χ1n) is 7.81. The van der Waals surface area contributed by atoms with Gasteiger partial charge in [-0.25, -0.2) is 0 Å². The van der Waals surface area contributed by atoms with E-state index in [0.717, 1.165) is 0 Å². The summed E-state index contributed by atoms with van der Waals surface area (Å²) in [4.78, 5) is 0. The fraction of sp³-hybridized carbons (Fsp3) is 0.429. The van der Waals surface area contributed by atoms with Crippen molar-refractivity contribution in [2.24, 2.45) is 0 Å². The largest absolute Gasteiger partial charge is 0.0561 e. The third kappa shape index (κ3) is 3.05. The Morgan fingerprint density at radius 3 is 1.43 bits per heavy atom. The van der Waals surface area contributed by atoms with Crippen molar-refractivity contribution in [3.05, 3.63) is 57.6 Å². The highest BCUT2D eigenvalue weighted by Gasteiger charge is 2.20. The summed E-state index contributed by atoms with van der Waals surface area (Å²) in [6.45, 7) is 18.0. The van der Waals surface area contributed by atoms with E-state index in [1.807, 2.05) is 0 Å². The van der Waals surface area contributed by atoms with Crippen LogP contribution in [0.2, 0.25) is 0 Å². The lowest BCUT2D eigenvalue weighted by molar-refractivity contribution is 0.582. The van der Waals surface area contributed by atoms with Crippen LogP contribution >= 0.6 is 0 Å². The molecule has 0 aliphatic rings. The van der Waals surface area contributed by atoms with Crippen LogP contribution in [0.5, 0.6) is 0 Å². The van der Waals surface area contributed by atoms with Gasteiger partial charge >= 0.3 is 0 Å². The van der Waals surface area contributed by atoms with Crippen LogP contribution in [0.25, 0.3) is 11.1 Å². The molecule has 0 aliphatic carbocycles. The topological polar surface area (TPSA) is 0 Å². The van der Waals surface area contributed by atoms with Gasteiger partial charge in [0.2, 0.25) is 0 Å². The zero-order valence-electron chi connectivity index (χ0n) is 14.8. The van der Waals surface area contributed by atoms with Crippen LogP contribution in [0.1, 0.15) is 54.2 Å². The summed E-state index contributed by atoms with van der Waals surface area (Å²) >= 11 is 0. The van der Waals surface area contributed by atoms with E-state index in [-0.39, 0.29) is 5.41 Å². The quantitative estimate of drug-likeness (QED) is 0.584. The van der Waals surface area contributed by atoms with E-state index in [9.17, 15) is 0 Å². The van der Waals surface area contributed by atoms with Gasteiger partial charge in [0.1, 0.15) is 0 Å². The molecule has 0 aliphatic heterocycles. The second-order valence-electron chi connectivity index (χ2n) is 7.51.